The van der Waals surface area contributed by atoms with E-state index in [-0.39, 0.29) is 10.3 Å². The molecule has 0 spiro atoms. The van der Waals surface area contributed by atoms with E-state index in [4.69, 9.17) is 27.9 Å². The third-order valence-corrected chi connectivity index (χ3v) is 3.09. The average Bonchev–Trinajstić information content (AvgIpc) is 2.22. The van der Waals surface area contributed by atoms with Crippen LogP contribution in [0.4, 0.5) is 0 Å². The Hall–Kier alpha value is -0.450. The molecule has 3 nitrogen and oxygen atoms in total. The van der Waals surface area contributed by atoms with Gasteiger partial charge in [-0.3, -0.25) is 4.79 Å². The lowest BCUT2D eigenvalue weighted by Crippen LogP contribution is -2.21. The minimum atomic E-state index is -0.551. The van der Waals surface area contributed by atoms with Crippen LogP contribution in [0.25, 0.3) is 0 Å². The molecule has 0 aromatic carbocycles. The van der Waals surface area contributed by atoms with Crippen LogP contribution in [-0.4, -0.2) is 22.0 Å². The number of aromatic nitrogens is 1. The van der Waals surface area contributed by atoms with Crippen LogP contribution in [0, 0.1) is 0 Å². The van der Waals surface area contributed by atoms with Crippen molar-refractivity contribution in [2.45, 2.75) is 20.0 Å². The molecule has 0 radical (unpaired) electrons. The highest BCUT2D eigenvalue weighted by atomic mass is 35.5. The van der Waals surface area contributed by atoms with Crippen molar-refractivity contribution in [3.63, 3.8) is 0 Å². The zero-order valence-corrected chi connectivity index (χ0v) is 11.2. The summed E-state index contributed by atoms with van der Waals surface area (Å²) in [6.45, 7) is 3.59. The van der Waals surface area contributed by atoms with E-state index in [1.165, 1.54) is 11.8 Å². The Labute approximate surface area is 108 Å². The molecule has 0 bridgehead atoms. The average molecular weight is 280 g/mol. The van der Waals surface area contributed by atoms with E-state index in [0.29, 0.717) is 10.9 Å². The number of ether oxygens (including phenoxy) is 1. The summed E-state index contributed by atoms with van der Waals surface area (Å²) in [5.74, 6) is 1.09. The molecule has 0 amide bonds. The van der Waals surface area contributed by atoms with Crippen LogP contribution in [0.5, 0.6) is 5.75 Å². The molecule has 0 aliphatic carbocycles. The Balaban J connectivity index is 2.69. The molecule has 0 aliphatic rings. The van der Waals surface area contributed by atoms with Crippen LogP contribution in [-0.2, 0) is 4.79 Å². The molecule has 0 aliphatic heterocycles. The van der Waals surface area contributed by atoms with E-state index >= 15 is 0 Å². The highest BCUT2D eigenvalue weighted by Crippen LogP contribution is 2.25. The molecule has 88 valence electrons. The molecule has 0 fully saturated rings. The second-order valence-corrected chi connectivity index (χ2v) is 4.95. The zero-order valence-electron chi connectivity index (χ0n) is 8.87. The number of hydrogen-bond acceptors (Lipinski definition) is 4. The van der Waals surface area contributed by atoms with E-state index in [1.54, 1.807) is 19.1 Å². The third kappa shape index (κ3) is 3.85. The first-order chi connectivity index (χ1) is 7.54. The number of carbonyl (C=O) groups is 1. The standard InChI is InChI=1S/C10H11Cl2NO2S/c1-3-16-10(14)6(2)15-7-4-5-8(11)13-9(7)12/h4-6H,3H2,1-2H3. The summed E-state index contributed by atoms with van der Waals surface area (Å²) < 4.78 is 5.39. The van der Waals surface area contributed by atoms with Crippen molar-refractivity contribution in [3.05, 3.63) is 22.4 Å². The Kier molecular flexibility index (Phi) is 5.38. The monoisotopic (exact) mass is 279 g/mol. The van der Waals surface area contributed by atoms with Gasteiger partial charge in [0.05, 0.1) is 0 Å². The summed E-state index contributed by atoms with van der Waals surface area (Å²) >= 11 is 12.7. The number of hydrogen-bond donors (Lipinski definition) is 0. The van der Waals surface area contributed by atoms with Gasteiger partial charge in [0.25, 0.3) is 0 Å². The summed E-state index contributed by atoms with van der Waals surface area (Å²) in [6, 6.07) is 3.16. The van der Waals surface area contributed by atoms with Gasteiger partial charge >= 0.3 is 0 Å². The highest BCUT2D eigenvalue weighted by molar-refractivity contribution is 8.13. The summed E-state index contributed by atoms with van der Waals surface area (Å²) in [6.07, 6.45) is -0.551. The van der Waals surface area contributed by atoms with Crippen molar-refractivity contribution in [3.8, 4) is 5.75 Å². The zero-order chi connectivity index (χ0) is 12.1. The van der Waals surface area contributed by atoms with Gasteiger partial charge in [0.15, 0.2) is 17.0 Å². The molecule has 1 aromatic rings. The maximum absolute atomic E-state index is 11.5. The SMILES string of the molecule is CCSC(=O)C(C)Oc1ccc(Cl)nc1Cl. The van der Waals surface area contributed by atoms with Gasteiger partial charge in [-0.05, 0) is 24.8 Å². The lowest BCUT2D eigenvalue weighted by atomic mass is 10.4. The number of nitrogens with zero attached hydrogens (tertiary/aromatic N) is 1. The van der Waals surface area contributed by atoms with Crippen molar-refractivity contribution in [2.24, 2.45) is 0 Å². The number of thioether (sulfide) groups is 1. The highest BCUT2D eigenvalue weighted by Gasteiger charge is 2.16. The van der Waals surface area contributed by atoms with E-state index in [9.17, 15) is 4.79 Å². The topological polar surface area (TPSA) is 39.2 Å². The summed E-state index contributed by atoms with van der Waals surface area (Å²) in [4.78, 5) is 15.3. The Morgan fingerprint density at radius 2 is 2.25 bits per heavy atom. The van der Waals surface area contributed by atoms with Crippen LogP contribution >= 0.6 is 35.0 Å². The van der Waals surface area contributed by atoms with Crippen LogP contribution in [0.1, 0.15) is 13.8 Å². The van der Waals surface area contributed by atoms with Gasteiger partial charge in [-0.2, -0.15) is 0 Å². The van der Waals surface area contributed by atoms with Crippen molar-refractivity contribution in [1.82, 2.24) is 4.98 Å². The van der Waals surface area contributed by atoms with Crippen LogP contribution in [0.15, 0.2) is 12.1 Å². The summed E-state index contributed by atoms with van der Waals surface area (Å²) in [5, 5.41) is 0.418. The summed E-state index contributed by atoms with van der Waals surface area (Å²) in [5.41, 5.74) is 0. The number of halogens is 2. The first kappa shape index (κ1) is 13.6. The Morgan fingerprint density at radius 1 is 1.56 bits per heavy atom. The molecule has 0 saturated heterocycles. The van der Waals surface area contributed by atoms with E-state index in [1.807, 2.05) is 6.92 Å². The van der Waals surface area contributed by atoms with Gasteiger partial charge < -0.3 is 4.74 Å². The third-order valence-electron chi connectivity index (χ3n) is 1.70. The normalized spacial score (nSPS) is 12.2. The lowest BCUT2D eigenvalue weighted by Gasteiger charge is -2.13. The minimum absolute atomic E-state index is 0.0338. The molecule has 16 heavy (non-hydrogen) atoms. The quantitative estimate of drug-likeness (QED) is 0.792. The fourth-order valence-corrected chi connectivity index (χ4v) is 1.94. The van der Waals surface area contributed by atoms with Crippen LogP contribution in [0.2, 0.25) is 10.3 Å². The van der Waals surface area contributed by atoms with Crippen molar-refractivity contribution < 1.29 is 9.53 Å². The number of pyridine rings is 1. The smallest absolute Gasteiger partial charge is 0.229 e. The van der Waals surface area contributed by atoms with Crippen molar-refractivity contribution >= 4 is 40.1 Å². The van der Waals surface area contributed by atoms with Crippen LogP contribution < -0.4 is 4.74 Å². The fourth-order valence-electron chi connectivity index (χ4n) is 0.985. The predicted octanol–water partition coefficient (Wildman–Crippen LogP) is 3.44. The predicted molar refractivity (Wildman–Crippen MR) is 67.5 cm³/mol. The largest absolute Gasteiger partial charge is 0.479 e. The number of rotatable bonds is 4. The maximum atomic E-state index is 11.5. The first-order valence-electron chi connectivity index (χ1n) is 4.70. The molecule has 0 saturated carbocycles. The first-order valence-corrected chi connectivity index (χ1v) is 6.44. The van der Waals surface area contributed by atoms with Gasteiger partial charge in [0, 0.05) is 0 Å². The molecular formula is C10H11Cl2NO2S. The van der Waals surface area contributed by atoms with Crippen molar-refractivity contribution in [1.29, 1.82) is 0 Å². The summed E-state index contributed by atoms with van der Waals surface area (Å²) in [7, 11) is 0. The Morgan fingerprint density at radius 3 is 2.81 bits per heavy atom. The molecule has 1 unspecified atom stereocenters. The minimum Gasteiger partial charge on any atom is -0.479 e. The second-order valence-electron chi connectivity index (χ2n) is 2.94. The van der Waals surface area contributed by atoms with Gasteiger partial charge in [-0.1, -0.05) is 41.9 Å². The fraction of sp³-hybridized carbons (Fsp3) is 0.400. The van der Waals surface area contributed by atoms with E-state index < -0.39 is 6.10 Å². The second kappa shape index (κ2) is 6.33. The molecular weight excluding hydrogens is 269 g/mol. The number of carbonyl (C=O) groups excluding carboxylic acids is 1. The molecule has 6 heteroatoms. The molecule has 1 atom stereocenters. The van der Waals surface area contributed by atoms with Gasteiger partial charge in [-0.25, -0.2) is 4.98 Å². The molecule has 1 heterocycles. The van der Waals surface area contributed by atoms with Gasteiger partial charge in [0.1, 0.15) is 5.15 Å². The Bertz CT molecular complexity index is 387. The van der Waals surface area contributed by atoms with Gasteiger partial charge in [-0.15, -0.1) is 0 Å². The molecule has 1 aromatic heterocycles. The van der Waals surface area contributed by atoms with Gasteiger partial charge in [0.2, 0.25) is 5.12 Å². The maximum Gasteiger partial charge on any atom is 0.229 e. The van der Waals surface area contributed by atoms with Crippen molar-refractivity contribution in [2.75, 3.05) is 5.75 Å². The molecule has 1 rings (SSSR count). The van der Waals surface area contributed by atoms with E-state index in [2.05, 4.69) is 4.98 Å². The molecule has 0 N–H and O–H groups in total. The lowest BCUT2D eigenvalue weighted by molar-refractivity contribution is -0.116. The van der Waals surface area contributed by atoms with E-state index in [0.717, 1.165) is 5.75 Å². The van der Waals surface area contributed by atoms with Crippen LogP contribution in [0.3, 0.4) is 0 Å².